The Bertz CT molecular complexity index is 613. The Kier molecular flexibility index (Phi) is 2.99. The average Bonchev–Trinajstić information content (AvgIpc) is 2.79. The van der Waals surface area contributed by atoms with Gasteiger partial charge in [-0.15, -0.1) is 0 Å². The van der Waals surface area contributed by atoms with Gasteiger partial charge in [-0.2, -0.15) is 4.39 Å². The molecular formula is C15H10F2NO. The van der Waals surface area contributed by atoms with Gasteiger partial charge in [-0.25, -0.2) is 4.39 Å². The van der Waals surface area contributed by atoms with Gasteiger partial charge in [0.15, 0.2) is 5.83 Å². The molecule has 0 N–H and O–H groups in total. The standard InChI is InChI=1S/C15H10F2NO/c16-12-9-19-15(17)13(12)14-11(7-4-8-18-14)10-5-2-1-3-6-10/h1-9,13H. The molecule has 0 fully saturated rings. The lowest BCUT2D eigenvalue weighted by Gasteiger charge is -2.14. The topological polar surface area (TPSA) is 22.1 Å². The van der Waals surface area contributed by atoms with Gasteiger partial charge in [-0.05, 0) is 11.6 Å². The van der Waals surface area contributed by atoms with E-state index in [9.17, 15) is 8.78 Å². The van der Waals surface area contributed by atoms with Gasteiger partial charge in [0.05, 0.1) is 5.69 Å². The van der Waals surface area contributed by atoms with Crippen LogP contribution in [0.4, 0.5) is 8.78 Å². The smallest absolute Gasteiger partial charge is 0.333 e. The van der Waals surface area contributed by atoms with Gasteiger partial charge in [-0.1, -0.05) is 36.4 Å². The van der Waals surface area contributed by atoms with Gasteiger partial charge in [0.25, 0.3) is 0 Å². The minimum absolute atomic E-state index is 0.317. The van der Waals surface area contributed by atoms with E-state index in [2.05, 4.69) is 9.72 Å². The van der Waals surface area contributed by atoms with Gasteiger partial charge in [-0.3, -0.25) is 4.98 Å². The maximum Gasteiger partial charge on any atom is 0.333 e. The summed E-state index contributed by atoms with van der Waals surface area (Å²) in [6.45, 7) is 0. The van der Waals surface area contributed by atoms with Gasteiger partial charge in [0, 0.05) is 11.8 Å². The summed E-state index contributed by atoms with van der Waals surface area (Å²) >= 11 is 0. The highest BCUT2D eigenvalue weighted by Crippen LogP contribution is 2.43. The fourth-order valence-corrected chi connectivity index (χ4v) is 2.10. The third-order valence-electron chi connectivity index (χ3n) is 2.98. The predicted molar refractivity (Wildman–Crippen MR) is 67.0 cm³/mol. The summed E-state index contributed by atoms with van der Waals surface area (Å²) in [6.07, 6.45) is 1.41. The number of rotatable bonds is 2. The Balaban J connectivity index is 2.11. The van der Waals surface area contributed by atoms with Gasteiger partial charge >= 0.3 is 6.36 Å². The largest absolute Gasteiger partial charge is 0.456 e. The van der Waals surface area contributed by atoms with Crippen molar-refractivity contribution in [3.63, 3.8) is 0 Å². The minimum Gasteiger partial charge on any atom is -0.456 e. The second-order valence-electron chi connectivity index (χ2n) is 4.16. The first-order valence-electron chi connectivity index (χ1n) is 5.82. The lowest BCUT2D eigenvalue weighted by molar-refractivity contribution is 0.148. The molecule has 1 unspecified atom stereocenters. The first kappa shape index (κ1) is 11.8. The highest BCUT2D eigenvalue weighted by molar-refractivity contribution is 5.67. The Hall–Kier alpha value is -2.23. The molecule has 0 saturated heterocycles. The molecule has 3 rings (SSSR count). The van der Waals surface area contributed by atoms with E-state index in [1.54, 1.807) is 12.1 Å². The monoisotopic (exact) mass is 258 g/mol. The number of pyridine rings is 1. The zero-order valence-electron chi connectivity index (χ0n) is 9.88. The summed E-state index contributed by atoms with van der Waals surface area (Å²) in [4.78, 5) is 4.12. The minimum atomic E-state index is -1.17. The Morgan fingerprint density at radius 2 is 1.79 bits per heavy atom. The zero-order chi connectivity index (χ0) is 13.2. The highest BCUT2D eigenvalue weighted by Gasteiger charge is 2.38. The van der Waals surface area contributed by atoms with E-state index in [-0.39, 0.29) is 0 Å². The number of hydrogen-bond acceptors (Lipinski definition) is 2. The summed E-state index contributed by atoms with van der Waals surface area (Å²) < 4.78 is 31.7. The fourth-order valence-electron chi connectivity index (χ4n) is 2.10. The van der Waals surface area contributed by atoms with E-state index in [1.165, 1.54) is 6.20 Å². The van der Waals surface area contributed by atoms with Crippen molar-refractivity contribution in [2.45, 2.75) is 5.92 Å². The average molecular weight is 258 g/mol. The van der Waals surface area contributed by atoms with Crippen molar-refractivity contribution in [3.8, 4) is 11.1 Å². The molecule has 0 bridgehead atoms. The number of nitrogens with zero attached hydrogens (tertiary/aromatic N) is 1. The van der Waals surface area contributed by atoms with Crippen LogP contribution in [0.5, 0.6) is 0 Å². The number of halogens is 2. The Labute approximate surface area is 109 Å². The maximum atomic E-state index is 13.7. The Morgan fingerprint density at radius 1 is 1.00 bits per heavy atom. The van der Waals surface area contributed by atoms with Gasteiger partial charge in [0.1, 0.15) is 12.2 Å². The number of aromatic nitrogens is 1. The molecule has 0 spiro atoms. The van der Waals surface area contributed by atoms with Crippen LogP contribution in [0.15, 0.2) is 60.8 Å². The SMILES string of the molecule is F[C]1OC=C(F)C1c1ncccc1-c1ccccc1. The molecule has 1 aliphatic heterocycles. The third-order valence-corrected chi connectivity index (χ3v) is 2.98. The van der Waals surface area contributed by atoms with Crippen molar-refractivity contribution in [1.29, 1.82) is 0 Å². The maximum absolute atomic E-state index is 13.7. The molecule has 19 heavy (non-hydrogen) atoms. The molecule has 1 aromatic carbocycles. The molecule has 2 nitrogen and oxygen atoms in total. The van der Waals surface area contributed by atoms with Crippen LogP contribution in [0.3, 0.4) is 0 Å². The lowest BCUT2D eigenvalue weighted by Crippen LogP contribution is -2.07. The van der Waals surface area contributed by atoms with Gasteiger partial charge in [0.2, 0.25) is 0 Å². The highest BCUT2D eigenvalue weighted by atomic mass is 19.2. The summed E-state index contributed by atoms with van der Waals surface area (Å²) in [5.41, 5.74) is 1.87. The predicted octanol–water partition coefficient (Wildman–Crippen LogP) is 4.13. The van der Waals surface area contributed by atoms with Crippen LogP contribution < -0.4 is 0 Å². The van der Waals surface area contributed by atoms with E-state index < -0.39 is 18.1 Å². The van der Waals surface area contributed by atoms with E-state index in [4.69, 9.17) is 0 Å². The quantitative estimate of drug-likeness (QED) is 0.807. The first-order valence-corrected chi connectivity index (χ1v) is 5.82. The van der Waals surface area contributed by atoms with Crippen LogP contribution >= 0.6 is 0 Å². The molecule has 1 atom stereocenters. The van der Waals surface area contributed by atoms with Crippen molar-refractivity contribution < 1.29 is 13.5 Å². The van der Waals surface area contributed by atoms with E-state index in [0.29, 0.717) is 11.3 Å². The van der Waals surface area contributed by atoms with Crippen LogP contribution in [0, 0.1) is 6.36 Å². The number of benzene rings is 1. The molecule has 0 aliphatic carbocycles. The summed E-state index contributed by atoms with van der Waals surface area (Å²) in [5, 5.41) is 0. The zero-order valence-corrected chi connectivity index (χ0v) is 9.88. The molecule has 0 amide bonds. The second kappa shape index (κ2) is 4.80. The molecule has 1 aromatic heterocycles. The van der Waals surface area contributed by atoms with E-state index in [0.717, 1.165) is 11.8 Å². The first-order chi connectivity index (χ1) is 9.27. The van der Waals surface area contributed by atoms with Crippen LogP contribution in [0.2, 0.25) is 0 Å². The van der Waals surface area contributed by atoms with Crippen LogP contribution in [-0.4, -0.2) is 4.98 Å². The summed E-state index contributed by atoms with van der Waals surface area (Å²) in [6, 6.07) is 12.9. The van der Waals surface area contributed by atoms with Gasteiger partial charge < -0.3 is 4.74 Å². The van der Waals surface area contributed by atoms with Crippen molar-refractivity contribution in [2.75, 3.05) is 0 Å². The van der Waals surface area contributed by atoms with Crippen molar-refractivity contribution in [3.05, 3.63) is 72.8 Å². The Morgan fingerprint density at radius 3 is 2.47 bits per heavy atom. The molecule has 1 radical (unpaired) electrons. The van der Waals surface area contributed by atoms with Crippen LogP contribution in [0.25, 0.3) is 11.1 Å². The molecule has 2 aromatic rings. The normalized spacial score (nSPS) is 19.1. The number of ether oxygens (including phenoxy) is 1. The summed E-state index contributed by atoms with van der Waals surface area (Å²) in [5.74, 6) is -1.84. The van der Waals surface area contributed by atoms with Crippen LogP contribution in [0.1, 0.15) is 11.6 Å². The third kappa shape index (κ3) is 2.10. The molecule has 1 aliphatic rings. The van der Waals surface area contributed by atoms with E-state index >= 15 is 0 Å². The molecule has 2 heterocycles. The fraction of sp³-hybridized carbons (Fsp3) is 0.0667. The van der Waals surface area contributed by atoms with Crippen LogP contribution in [-0.2, 0) is 4.74 Å². The van der Waals surface area contributed by atoms with E-state index in [1.807, 2.05) is 30.3 Å². The lowest BCUT2D eigenvalue weighted by atomic mass is 9.95. The molecule has 0 saturated carbocycles. The van der Waals surface area contributed by atoms with Crippen molar-refractivity contribution in [1.82, 2.24) is 4.98 Å². The van der Waals surface area contributed by atoms with Crippen molar-refractivity contribution >= 4 is 0 Å². The molecular weight excluding hydrogens is 248 g/mol. The molecule has 4 heteroatoms. The second-order valence-corrected chi connectivity index (χ2v) is 4.16. The van der Waals surface area contributed by atoms with Crippen molar-refractivity contribution in [2.24, 2.45) is 0 Å². The molecule has 95 valence electrons. The summed E-state index contributed by atoms with van der Waals surface area (Å²) in [7, 11) is 0. The number of hydrogen-bond donors (Lipinski definition) is 0.